The molecule has 0 atom stereocenters. The highest BCUT2D eigenvalue weighted by atomic mass is 35.5. The highest BCUT2D eigenvalue weighted by Crippen LogP contribution is 2.29. The number of esters is 1. The first-order chi connectivity index (χ1) is 9.73. The normalized spacial score (nSPS) is 12.9. The summed E-state index contributed by atoms with van der Waals surface area (Å²) in [5.74, 6) is -1.00. The van der Waals surface area contributed by atoms with Gasteiger partial charge < -0.3 is 4.74 Å². The fourth-order valence-electron chi connectivity index (χ4n) is 1.31. The summed E-state index contributed by atoms with van der Waals surface area (Å²) >= 11 is 5.69. The zero-order valence-corrected chi connectivity index (χ0v) is 13.4. The fraction of sp³-hybridized carbons (Fsp3) is 0.417. The average molecular weight is 360 g/mol. The summed E-state index contributed by atoms with van der Waals surface area (Å²) in [6.45, 7) is 4.65. The number of hydrogen-bond acceptors (Lipinski definition) is 4. The number of alkyl halides is 3. The van der Waals surface area contributed by atoms with Gasteiger partial charge in [0.05, 0.1) is 11.3 Å². The molecule has 10 heteroatoms. The lowest BCUT2D eigenvalue weighted by molar-refractivity contribution is -0.0429. The molecule has 1 aromatic carbocycles. The number of carbonyl (C=O) groups excluding carboxylic acids is 1. The summed E-state index contributed by atoms with van der Waals surface area (Å²) < 4.78 is 65.8. The summed E-state index contributed by atoms with van der Waals surface area (Å²) in [6, 6.07) is 3.11. The van der Waals surface area contributed by atoms with Crippen LogP contribution in [0, 0.1) is 0 Å². The second-order valence-corrected chi connectivity index (χ2v) is 7.35. The molecular weight excluding hydrogens is 347 g/mol. The van der Waals surface area contributed by atoms with Crippen LogP contribution in [0.15, 0.2) is 18.2 Å². The van der Waals surface area contributed by atoms with Crippen LogP contribution in [0.5, 0.6) is 0 Å². The Balaban J connectivity index is 3.26. The minimum atomic E-state index is -5.66. The van der Waals surface area contributed by atoms with Crippen LogP contribution in [0.3, 0.4) is 0 Å². The van der Waals surface area contributed by atoms with Crippen LogP contribution in [-0.2, 0) is 14.8 Å². The van der Waals surface area contributed by atoms with Crippen LogP contribution in [0.4, 0.5) is 18.9 Å². The monoisotopic (exact) mass is 359 g/mol. The van der Waals surface area contributed by atoms with Crippen molar-refractivity contribution in [2.45, 2.75) is 31.9 Å². The minimum Gasteiger partial charge on any atom is -0.456 e. The molecule has 0 aliphatic rings. The molecule has 0 bridgehead atoms. The molecule has 0 aliphatic heterocycles. The maximum atomic E-state index is 12.4. The number of sulfonamides is 1. The molecule has 5 nitrogen and oxygen atoms in total. The van der Waals surface area contributed by atoms with Crippen molar-refractivity contribution in [1.82, 2.24) is 0 Å². The number of benzene rings is 1. The van der Waals surface area contributed by atoms with Crippen molar-refractivity contribution in [2.75, 3.05) is 4.72 Å². The topological polar surface area (TPSA) is 72.5 Å². The van der Waals surface area contributed by atoms with E-state index < -0.39 is 38.4 Å². The first-order valence-corrected chi connectivity index (χ1v) is 7.71. The van der Waals surface area contributed by atoms with E-state index in [1.807, 2.05) is 0 Å². The molecule has 1 aromatic rings. The molecule has 1 rings (SSSR count). The van der Waals surface area contributed by atoms with E-state index >= 15 is 0 Å². The van der Waals surface area contributed by atoms with E-state index in [1.54, 1.807) is 20.8 Å². The molecule has 22 heavy (non-hydrogen) atoms. The van der Waals surface area contributed by atoms with Gasteiger partial charge in [-0.3, -0.25) is 4.72 Å². The van der Waals surface area contributed by atoms with Gasteiger partial charge in [-0.2, -0.15) is 21.6 Å². The van der Waals surface area contributed by atoms with Gasteiger partial charge in [0.1, 0.15) is 5.60 Å². The number of ether oxygens (including phenoxy) is 1. The van der Waals surface area contributed by atoms with Crippen molar-refractivity contribution in [3.8, 4) is 0 Å². The summed E-state index contributed by atoms with van der Waals surface area (Å²) in [5, 5.41) is 0.0378. The summed E-state index contributed by atoms with van der Waals surface area (Å²) in [4.78, 5) is 12.0. The third-order valence-corrected chi connectivity index (χ3v) is 3.48. The third kappa shape index (κ3) is 4.77. The SMILES string of the molecule is CC(C)(C)OC(=O)c1cc(Cl)ccc1NS(=O)(=O)C(F)(F)F. The van der Waals surface area contributed by atoms with E-state index in [1.165, 1.54) is 4.72 Å². The summed E-state index contributed by atoms with van der Waals surface area (Å²) in [6.07, 6.45) is 0. The van der Waals surface area contributed by atoms with Gasteiger partial charge in [0, 0.05) is 5.02 Å². The first-order valence-electron chi connectivity index (χ1n) is 5.85. The Morgan fingerprint density at radius 3 is 2.23 bits per heavy atom. The van der Waals surface area contributed by atoms with E-state index in [4.69, 9.17) is 16.3 Å². The number of hydrogen-bond donors (Lipinski definition) is 1. The highest BCUT2D eigenvalue weighted by Gasteiger charge is 2.46. The molecule has 0 radical (unpaired) electrons. The van der Waals surface area contributed by atoms with Crippen LogP contribution in [0.1, 0.15) is 31.1 Å². The van der Waals surface area contributed by atoms with Gasteiger partial charge in [-0.15, -0.1) is 0 Å². The largest absolute Gasteiger partial charge is 0.516 e. The molecule has 0 spiro atoms. The minimum absolute atomic E-state index is 0.0378. The van der Waals surface area contributed by atoms with Gasteiger partial charge in [-0.05, 0) is 39.0 Å². The van der Waals surface area contributed by atoms with Crippen molar-refractivity contribution in [3.63, 3.8) is 0 Å². The van der Waals surface area contributed by atoms with Crippen LogP contribution >= 0.6 is 11.6 Å². The zero-order valence-electron chi connectivity index (χ0n) is 11.8. The number of carbonyl (C=O) groups is 1. The van der Waals surface area contributed by atoms with E-state index in [2.05, 4.69) is 0 Å². The van der Waals surface area contributed by atoms with Gasteiger partial charge in [0.15, 0.2) is 0 Å². The maximum Gasteiger partial charge on any atom is 0.516 e. The molecule has 0 saturated carbocycles. The Labute approximate surface area is 130 Å². The van der Waals surface area contributed by atoms with Crippen LogP contribution in [-0.4, -0.2) is 25.5 Å². The molecule has 0 amide bonds. The summed E-state index contributed by atoms with van der Waals surface area (Å²) in [7, 11) is -5.66. The molecule has 0 aliphatic carbocycles. The lowest BCUT2D eigenvalue weighted by Crippen LogP contribution is -2.31. The molecule has 0 unspecified atom stereocenters. The van der Waals surface area contributed by atoms with Crippen molar-refractivity contribution < 1.29 is 31.1 Å². The Morgan fingerprint density at radius 1 is 1.23 bits per heavy atom. The Kier molecular flexibility index (Phi) is 5.03. The molecule has 0 saturated heterocycles. The lowest BCUT2D eigenvalue weighted by Gasteiger charge is -2.21. The lowest BCUT2D eigenvalue weighted by atomic mass is 10.1. The number of nitrogens with one attached hydrogen (secondary N) is 1. The van der Waals surface area contributed by atoms with Crippen LogP contribution in [0.25, 0.3) is 0 Å². The van der Waals surface area contributed by atoms with Gasteiger partial charge in [-0.1, -0.05) is 11.6 Å². The van der Waals surface area contributed by atoms with Gasteiger partial charge in [-0.25, -0.2) is 4.79 Å². The predicted molar refractivity (Wildman–Crippen MR) is 75.2 cm³/mol. The second kappa shape index (κ2) is 5.96. The van der Waals surface area contributed by atoms with Crippen molar-refractivity contribution >= 4 is 33.3 Å². The van der Waals surface area contributed by atoms with Crippen molar-refractivity contribution in [3.05, 3.63) is 28.8 Å². The predicted octanol–water partition coefficient (Wildman–Crippen LogP) is 3.56. The highest BCUT2D eigenvalue weighted by molar-refractivity contribution is 7.93. The third-order valence-electron chi connectivity index (χ3n) is 2.15. The molecule has 1 N–H and O–H groups in total. The van der Waals surface area contributed by atoms with Gasteiger partial charge in [0.25, 0.3) is 0 Å². The zero-order chi connectivity index (χ0) is 17.3. The van der Waals surface area contributed by atoms with Crippen LogP contribution in [0.2, 0.25) is 5.02 Å². The first kappa shape index (κ1) is 18.6. The summed E-state index contributed by atoms with van der Waals surface area (Å²) in [5.41, 5.74) is -7.43. The quantitative estimate of drug-likeness (QED) is 0.837. The Hall–Kier alpha value is -1.48. The molecule has 0 aromatic heterocycles. The maximum absolute atomic E-state index is 12.4. The van der Waals surface area contributed by atoms with Gasteiger partial charge >= 0.3 is 21.5 Å². The average Bonchev–Trinajstić information content (AvgIpc) is 2.27. The number of rotatable bonds is 3. The van der Waals surface area contributed by atoms with Crippen LogP contribution < -0.4 is 4.72 Å². The second-order valence-electron chi connectivity index (χ2n) is 5.24. The molecular formula is C12H13ClF3NO4S. The number of halogens is 4. The smallest absolute Gasteiger partial charge is 0.456 e. The Morgan fingerprint density at radius 2 is 1.77 bits per heavy atom. The van der Waals surface area contributed by atoms with Crippen molar-refractivity contribution in [2.24, 2.45) is 0 Å². The number of anilines is 1. The van der Waals surface area contributed by atoms with E-state index in [9.17, 15) is 26.4 Å². The molecule has 0 fully saturated rings. The van der Waals surface area contributed by atoms with E-state index in [-0.39, 0.29) is 5.02 Å². The standard InChI is InChI=1S/C12H13ClF3NO4S/c1-11(2,3)21-10(18)8-6-7(13)4-5-9(8)17-22(19,20)12(14,15)16/h4-6,17H,1-3H3. The molecule has 0 heterocycles. The van der Waals surface area contributed by atoms with Crippen molar-refractivity contribution in [1.29, 1.82) is 0 Å². The fourth-order valence-corrected chi connectivity index (χ4v) is 2.07. The van der Waals surface area contributed by atoms with Gasteiger partial charge in [0.2, 0.25) is 0 Å². The van der Waals surface area contributed by atoms with E-state index in [0.717, 1.165) is 18.2 Å². The Bertz CT molecular complexity index is 681. The molecule has 124 valence electrons. The van der Waals surface area contributed by atoms with E-state index in [0.29, 0.717) is 0 Å².